The molecule has 7 nitrogen and oxygen atoms in total. The first-order chi connectivity index (χ1) is 12.3. The first-order valence-electron chi connectivity index (χ1n) is 8.57. The Morgan fingerprint density at radius 2 is 1.69 bits per heavy atom. The van der Waals surface area contributed by atoms with Gasteiger partial charge in [0.05, 0.1) is 5.56 Å². The zero-order valence-corrected chi connectivity index (χ0v) is 15.3. The molecule has 3 heterocycles. The maximum absolute atomic E-state index is 12.5. The van der Waals surface area contributed by atoms with Gasteiger partial charge >= 0.3 is 0 Å². The van der Waals surface area contributed by atoms with Crippen LogP contribution in [0.1, 0.15) is 10.4 Å². The highest BCUT2D eigenvalue weighted by Gasteiger charge is 2.26. The van der Waals surface area contributed by atoms with Crippen LogP contribution in [0.3, 0.4) is 0 Å². The Balaban J connectivity index is 0.00000196. The van der Waals surface area contributed by atoms with E-state index in [1.54, 1.807) is 17.3 Å². The van der Waals surface area contributed by atoms with Crippen molar-refractivity contribution in [2.24, 2.45) is 0 Å². The maximum atomic E-state index is 12.5. The average Bonchev–Trinajstić information content (AvgIpc) is 2.69. The van der Waals surface area contributed by atoms with Crippen molar-refractivity contribution in [1.82, 2.24) is 19.8 Å². The van der Waals surface area contributed by atoms with E-state index in [0.717, 1.165) is 38.7 Å². The van der Waals surface area contributed by atoms with E-state index in [-0.39, 0.29) is 18.3 Å². The first-order valence-corrected chi connectivity index (χ1v) is 8.57. The van der Waals surface area contributed by atoms with Gasteiger partial charge in [0.2, 0.25) is 5.95 Å². The van der Waals surface area contributed by atoms with E-state index in [0.29, 0.717) is 24.6 Å². The summed E-state index contributed by atoms with van der Waals surface area (Å²) in [5.74, 6) is 1.52. The van der Waals surface area contributed by atoms with Gasteiger partial charge in [0.25, 0.3) is 5.91 Å². The van der Waals surface area contributed by atoms with E-state index < -0.39 is 0 Å². The molecule has 1 aromatic heterocycles. The third-order valence-corrected chi connectivity index (χ3v) is 4.67. The number of rotatable bonds is 4. The summed E-state index contributed by atoms with van der Waals surface area (Å²) < 4.78 is 5.68. The lowest BCUT2D eigenvalue weighted by molar-refractivity contribution is 0.0488. The second-order valence-electron chi connectivity index (χ2n) is 6.22. The Hall–Kier alpha value is -2.38. The molecule has 1 saturated heterocycles. The highest BCUT2D eigenvalue weighted by atomic mass is 35.5. The third-order valence-electron chi connectivity index (χ3n) is 4.67. The summed E-state index contributed by atoms with van der Waals surface area (Å²) in [5.41, 5.74) is 0.653. The Morgan fingerprint density at radius 3 is 2.46 bits per heavy atom. The fourth-order valence-corrected chi connectivity index (χ4v) is 3.20. The lowest BCUT2D eigenvalue weighted by Gasteiger charge is -2.36. The Labute approximate surface area is 159 Å². The molecule has 0 unspecified atom stereocenters. The van der Waals surface area contributed by atoms with Crippen LogP contribution in [0.2, 0.25) is 0 Å². The Morgan fingerprint density at radius 1 is 0.962 bits per heavy atom. The number of fused-ring (bicyclic) bond motifs is 1. The van der Waals surface area contributed by atoms with Crippen LogP contribution in [0.25, 0.3) is 0 Å². The molecule has 138 valence electrons. The van der Waals surface area contributed by atoms with E-state index >= 15 is 0 Å². The predicted octanol–water partition coefficient (Wildman–Crippen LogP) is 1.51. The number of amides is 1. The minimum Gasteiger partial charge on any atom is -0.472 e. The number of carbonyl (C=O) groups is 1. The second kappa shape index (κ2) is 8.33. The van der Waals surface area contributed by atoms with Crippen LogP contribution in [0.4, 0.5) is 5.95 Å². The molecule has 1 amide bonds. The van der Waals surface area contributed by atoms with E-state index in [9.17, 15) is 4.79 Å². The van der Waals surface area contributed by atoms with E-state index in [2.05, 4.69) is 19.8 Å². The molecule has 2 aromatic rings. The third kappa shape index (κ3) is 3.89. The number of hydrogen-bond acceptors (Lipinski definition) is 6. The van der Waals surface area contributed by atoms with Crippen LogP contribution in [0.5, 0.6) is 5.75 Å². The largest absolute Gasteiger partial charge is 0.472 e. The molecule has 0 radical (unpaired) electrons. The van der Waals surface area contributed by atoms with Crippen molar-refractivity contribution in [1.29, 1.82) is 0 Å². The molecule has 1 fully saturated rings. The summed E-state index contributed by atoms with van der Waals surface area (Å²) >= 11 is 0. The fraction of sp³-hybridized carbons (Fsp3) is 0.389. The lowest BCUT2D eigenvalue weighted by Crippen LogP contribution is -2.50. The minimum atomic E-state index is 0. The molecule has 0 atom stereocenters. The van der Waals surface area contributed by atoms with Gasteiger partial charge in [-0.3, -0.25) is 9.69 Å². The van der Waals surface area contributed by atoms with Gasteiger partial charge in [0.15, 0.2) is 6.73 Å². The van der Waals surface area contributed by atoms with Gasteiger partial charge in [-0.25, -0.2) is 9.97 Å². The van der Waals surface area contributed by atoms with Crippen LogP contribution in [0.15, 0.2) is 42.7 Å². The first kappa shape index (κ1) is 18.4. The van der Waals surface area contributed by atoms with Gasteiger partial charge in [0.1, 0.15) is 5.75 Å². The molecule has 8 heteroatoms. The topological polar surface area (TPSA) is 61.8 Å². The molecule has 4 rings (SSSR count). The highest BCUT2D eigenvalue weighted by Crippen LogP contribution is 2.24. The van der Waals surface area contributed by atoms with E-state index in [1.807, 2.05) is 30.3 Å². The van der Waals surface area contributed by atoms with Crippen molar-refractivity contribution in [3.8, 4) is 5.75 Å². The highest BCUT2D eigenvalue weighted by molar-refractivity contribution is 5.97. The lowest BCUT2D eigenvalue weighted by atomic mass is 10.1. The molecule has 2 aliphatic rings. The Kier molecular flexibility index (Phi) is 5.90. The normalized spacial score (nSPS) is 17.3. The molecular formula is C18H22ClN5O2. The number of halogens is 1. The zero-order chi connectivity index (χ0) is 17.1. The van der Waals surface area contributed by atoms with Crippen molar-refractivity contribution in [2.75, 3.05) is 50.9 Å². The number of nitrogens with zero attached hydrogens (tertiary/aromatic N) is 5. The van der Waals surface area contributed by atoms with Crippen LogP contribution in [-0.2, 0) is 0 Å². The van der Waals surface area contributed by atoms with Crippen molar-refractivity contribution >= 4 is 24.3 Å². The van der Waals surface area contributed by atoms with Gasteiger partial charge in [-0.15, -0.1) is 12.4 Å². The number of anilines is 1. The summed E-state index contributed by atoms with van der Waals surface area (Å²) in [4.78, 5) is 27.5. The number of benzene rings is 1. The minimum absolute atomic E-state index is 0. The molecule has 0 bridgehead atoms. The van der Waals surface area contributed by atoms with Gasteiger partial charge in [-0.05, 0) is 18.2 Å². The molecule has 2 aliphatic heterocycles. The predicted molar refractivity (Wildman–Crippen MR) is 101 cm³/mol. The average molecular weight is 376 g/mol. The maximum Gasteiger partial charge on any atom is 0.260 e. The van der Waals surface area contributed by atoms with Crippen molar-refractivity contribution in [2.45, 2.75) is 0 Å². The number of aromatic nitrogens is 2. The number of piperazine rings is 1. The standard InChI is InChI=1S/C18H21N5O2.ClH/c24-17-15-4-1-2-5-16(15)25-14-23(17)13-10-21-8-11-22(12-9-21)18-19-6-3-7-20-18;/h1-7H,8-14H2;1H. The Bertz CT molecular complexity index is 737. The zero-order valence-electron chi connectivity index (χ0n) is 14.5. The van der Waals surface area contributed by atoms with Crippen LogP contribution < -0.4 is 9.64 Å². The molecule has 0 saturated carbocycles. The smallest absolute Gasteiger partial charge is 0.260 e. The fourth-order valence-electron chi connectivity index (χ4n) is 3.20. The van der Waals surface area contributed by atoms with Crippen molar-refractivity contribution < 1.29 is 9.53 Å². The molecule has 26 heavy (non-hydrogen) atoms. The number of para-hydroxylation sites is 1. The van der Waals surface area contributed by atoms with E-state index in [4.69, 9.17) is 4.74 Å². The van der Waals surface area contributed by atoms with Crippen LogP contribution in [-0.4, -0.2) is 71.7 Å². The van der Waals surface area contributed by atoms with E-state index in [1.165, 1.54) is 0 Å². The molecule has 1 aromatic carbocycles. The molecule has 0 aliphatic carbocycles. The van der Waals surface area contributed by atoms with Gasteiger partial charge < -0.3 is 14.5 Å². The molecule has 0 N–H and O–H groups in total. The summed E-state index contributed by atoms with van der Waals surface area (Å²) in [6, 6.07) is 9.25. The number of ether oxygens (including phenoxy) is 1. The monoisotopic (exact) mass is 375 g/mol. The SMILES string of the molecule is Cl.O=C1c2ccccc2OCN1CCN1CCN(c2ncccn2)CC1. The summed E-state index contributed by atoms with van der Waals surface area (Å²) in [6.07, 6.45) is 3.54. The number of carbonyl (C=O) groups excluding carboxylic acids is 1. The van der Waals surface area contributed by atoms with Gasteiger partial charge in [0, 0.05) is 51.7 Å². The number of hydrogen-bond donors (Lipinski definition) is 0. The second-order valence-corrected chi connectivity index (χ2v) is 6.22. The quantitative estimate of drug-likeness (QED) is 0.807. The van der Waals surface area contributed by atoms with Crippen molar-refractivity contribution in [3.05, 3.63) is 48.3 Å². The van der Waals surface area contributed by atoms with Crippen LogP contribution >= 0.6 is 12.4 Å². The van der Waals surface area contributed by atoms with Gasteiger partial charge in [-0.2, -0.15) is 0 Å². The molecule has 0 spiro atoms. The van der Waals surface area contributed by atoms with Gasteiger partial charge in [-0.1, -0.05) is 12.1 Å². The summed E-state index contributed by atoms with van der Waals surface area (Å²) in [5, 5.41) is 0. The summed E-state index contributed by atoms with van der Waals surface area (Å²) in [6.45, 7) is 5.54. The van der Waals surface area contributed by atoms with Crippen LogP contribution in [0, 0.1) is 0 Å². The summed E-state index contributed by atoms with van der Waals surface area (Å²) in [7, 11) is 0. The molecular weight excluding hydrogens is 354 g/mol. The van der Waals surface area contributed by atoms with Crippen molar-refractivity contribution in [3.63, 3.8) is 0 Å².